The fraction of sp³-hybridized carbons (Fsp3) is 0.312. The molecule has 0 saturated heterocycles. The maximum Gasteiger partial charge on any atom is 0.120 e. The molecule has 2 aromatic heterocycles. The average Bonchev–Trinajstić information content (AvgIpc) is 3.12. The number of fused-ring (bicyclic) bond motifs is 1. The van der Waals surface area contributed by atoms with E-state index >= 15 is 0 Å². The van der Waals surface area contributed by atoms with Crippen molar-refractivity contribution in [3.63, 3.8) is 0 Å². The molecule has 0 aliphatic carbocycles. The van der Waals surface area contributed by atoms with Crippen LogP contribution < -0.4 is 4.74 Å². The van der Waals surface area contributed by atoms with Gasteiger partial charge in [0.05, 0.1) is 12.1 Å². The second kappa shape index (κ2) is 7.10. The average molecular weight is 288 g/mol. The lowest BCUT2D eigenvalue weighted by atomic mass is 10.2. The summed E-state index contributed by atoms with van der Waals surface area (Å²) < 4.78 is 5.78. The van der Waals surface area contributed by atoms with Gasteiger partial charge < -0.3 is 4.74 Å². The van der Waals surface area contributed by atoms with E-state index in [0.29, 0.717) is 6.61 Å². The molecule has 0 spiro atoms. The first-order valence-corrected chi connectivity index (χ1v) is 7.81. The Morgan fingerprint density at radius 3 is 2.85 bits per heavy atom. The van der Waals surface area contributed by atoms with Crippen molar-refractivity contribution in [1.29, 1.82) is 0 Å². The van der Waals surface area contributed by atoms with Gasteiger partial charge in [-0.1, -0.05) is 19.9 Å². The van der Waals surface area contributed by atoms with Gasteiger partial charge in [0.1, 0.15) is 5.75 Å². The van der Waals surface area contributed by atoms with E-state index in [9.17, 15) is 0 Å². The lowest BCUT2D eigenvalue weighted by Gasteiger charge is -2.05. The maximum atomic E-state index is 5.78. The number of aromatic nitrogens is 2. The number of nitrogens with one attached hydrogen (secondary N) is 1. The van der Waals surface area contributed by atoms with Crippen molar-refractivity contribution < 1.29 is 4.74 Å². The van der Waals surface area contributed by atoms with Crippen LogP contribution >= 0.6 is 11.3 Å². The van der Waals surface area contributed by atoms with Gasteiger partial charge >= 0.3 is 0 Å². The van der Waals surface area contributed by atoms with Gasteiger partial charge in [-0.25, -0.2) is 0 Å². The molecule has 0 radical (unpaired) electrons. The lowest BCUT2D eigenvalue weighted by Crippen LogP contribution is -1.99. The molecule has 1 aromatic carbocycles. The summed E-state index contributed by atoms with van der Waals surface area (Å²) in [5, 5.41) is 10.4. The minimum Gasteiger partial charge on any atom is -0.493 e. The molecule has 4 heteroatoms. The molecule has 3 aromatic rings. The number of nitrogens with zero attached hydrogens (tertiary/aromatic N) is 1. The quantitative estimate of drug-likeness (QED) is 0.763. The Kier molecular flexibility index (Phi) is 5.18. The number of benzene rings is 1. The Balaban J connectivity index is 0.000000704. The molecule has 0 amide bonds. The number of aryl methyl sites for hydroxylation is 1. The van der Waals surface area contributed by atoms with Crippen molar-refractivity contribution in [3.05, 3.63) is 46.3 Å². The van der Waals surface area contributed by atoms with Crippen LogP contribution in [0, 0.1) is 6.92 Å². The number of aromatic amines is 1. The van der Waals surface area contributed by atoms with E-state index in [1.54, 1.807) is 11.3 Å². The highest BCUT2D eigenvalue weighted by Crippen LogP contribution is 2.22. The smallest absolute Gasteiger partial charge is 0.120 e. The third-order valence-corrected chi connectivity index (χ3v) is 3.85. The second-order valence-electron chi connectivity index (χ2n) is 4.21. The molecule has 20 heavy (non-hydrogen) atoms. The third-order valence-electron chi connectivity index (χ3n) is 2.91. The zero-order chi connectivity index (χ0) is 14.4. The van der Waals surface area contributed by atoms with Gasteiger partial charge in [-0.2, -0.15) is 5.10 Å². The standard InChI is InChI=1S/C14H14N2OS.C2H6/c1-10-13-9-11(4-5-14(13)16-15-10)17-7-6-12-3-2-8-18-12;1-2/h2-5,8-9H,6-7H2,1H3,(H,15,16);1-2H3. The van der Waals surface area contributed by atoms with Crippen LogP contribution in [0.1, 0.15) is 24.4 Å². The van der Waals surface area contributed by atoms with Crippen molar-refractivity contribution in [2.24, 2.45) is 0 Å². The Hall–Kier alpha value is -1.81. The summed E-state index contributed by atoms with van der Waals surface area (Å²) in [6.07, 6.45) is 0.958. The molecule has 0 saturated carbocycles. The predicted octanol–water partition coefficient (Wildman–Crippen LogP) is 4.58. The predicted molar refractivity (Wildman–Crippen MR) is 85.7 cm³/mol. The van der Waals surface area contributed by atoms with Crippen molar-refractivity contribution >= 4 is 22.2 Å². The highest BCUT2D eigenvalue weighted by molar-refractivity contribution is 7.09. The molecular formula is C16H20N2OS. The van der Waals surface area contributed by atoms with Crippen molar-refractivity contribution in [3.8, 4) is 5.75 Å². The molecular weight excluding hydrogens is 268 g/mol. The summed E-state index contributed by atoms with van der Waals surface area (Å²) in [5.41, 5.74) is 2.06. The molecule has 0 aliphatic rings. The van der Waals surface area contributed by atoms with Gasteiger partial charge in [0.2, 0.25) is 0 Å². The molecule has 3 rings (SSSR count). The summed E-state index contributed by atoms with van der Waals surface area (Å²) in [7, 11) is 0. The van der Waals surface area contributed by atoms with E-state index < -0.39 is 0 Å². The van der Waals surface area contributed by atoms with E-state index in [4.69, 9.17) is 4.74 Å². The third kappa shape index (κ3) is 3.39. The zero-order valence-corrected chi connectivity index (χ0v) is 13.0. The van der Waals surface area contributed by atoms with Gasteiger partial charge in [-0.3, -0.25) is 5.10 Å². The number of ether oxygens (including phenoxy) is 1. The Labute approximate surface area is 123 Å². The van der Waals surface area contributed by atoms with E-state index in [1.807, 2.05) is 39.0 Å². The van der Waals surface area contributed by atoms with Crippen LogP contribution in [0.25, 0.3) is 10.9 Å². The second-order valence-corrected chi connectivity index (χ2v) is 5.24. The lowest BCUT2D eigenvalue weighted by molar-refractivity contribution is 0.323. The fourth-order valence-electron chi connectivity index (χ4n) is 1.93. The highest BCUT2D eigenvalue weighted by Gasteiger charge is 2.03. The van der Waals surface area contributed by atoms with Gasteiger partial charge in [0.15, 0.2) is 0 Å². The van der Waals surface area contributed by atoms with Crippen molar-refractivity contribution in [2.45, 2.75) is 27.2 Å². The Morgan fingerprint density at radius 1 is 1.25 bits per heavy atom. The number of hydrogen-bond acceptors (Lipinski definition) is 3. The number of hydrogen-bond donors (Lipinski definition) is 1. The van der Waals surface area contributed by atoms with Crippen LogP contribution in [0.5, 0.6) is 5.75 Å². The summed E-state index contributed by atoms with van der Waals surface area (Å²) in [6, 6.07) is 10.2. The molecule has 2 heterocycles. The van der Waals surface area contributed by atoms with E-state index in [1.165, 1.54) is 4.88 Å². The first kappa shape index (κ1) is 14.6. The van der Waals surface area contributed by atoms with Crippen LogP contribution in [0.3, 0.4) is 0 Å². The maximum absolute atomic E-state index is 5.78. The summed E-state index contributed by atoms with van der Waals surface area (Å²) in [6.45, 7) is 6.73. The summed E-state index contributed by atoms with van der Waals surface area (Å²) in [4.78, 5) is 1.36. The molecule has 0 bridgehead atoms. The molecule has 0 atom stereocenters. The molecule has 0 aliphatic heterocycles. The van der Waals surface area contributed by atoms with Gasteiger partial charge in [-0.15, -0.1) is 11.3 Å². The Bertz CT molecular complexity index is 644. The minimum absolute atomic E-state index is 0.711. The molecule has 0 unspecified atom stereocenters. The summed E-state index contributed by atoms with van der Waals surface area (Å²) >= 11 is 1.77. The van der Waals surface area contributed by atoms with Crippen LogP contribution in [-0.4, -0.2) is 16.8 Å². The van der Waals surface area contributed by atoms with Crippen molar-refractivity contribution in [1.82, 2.24) is 10.2 Å². The minimum atomic E-state index is 0.711. The first-order chi connectivity index (χ1) is 9.83. The highest BCUT2D eigenvalue weighted by atomic mass is 32.1. The molecule has 106 valence electrons. The van der Waals surface area contributed by atoms with E-state index in [0.717, 1.165) is 28.8 Å². The molecule has 3 nitrogen and oxygen atoms in total. The van der Waals surface area contributed by atoms with Crippen LogP contribution in [-0.2, 0) is 6.42 Å². The first-order valence-electron chi connectivity index (χ1n) is 6.93. The fourth-order valence-corrected chi connectivity index (χ4v) is 2.62. The largest absolute Gasteiger partial charge is 0.493 e. The monoisotopic (exact) mass is 288 g/mol. The normalized spacial score (nSPS) is 10.2. The molecule has 1 N–H and O–H groups in total. The van der Waals surface area contributed by atoms with Gasteiger partial charge in [0.25, 0.3) is 0 Å². The Morgan fingerprint density at radius 2 is 2.10 bits per heavy atom. The zero-order valence-electron chi connectivity index (χ0n) is 12.1. The van der Waals surface area contributed by atoms with Crippen LogP contribution in [0.4, 0.5) is 0 Å². The van der Waals surface area contributed by atoms with Crippen molar-refractivity contribution in [2.75, 3.05) is 6.61 Å². The number of H-pyrrole nitrogens is 1. The summed E-state index contributed by atoms with van der Waals surface area (Å²) in [5.74, 6) is 0.906. The topological polar surface area (TPSA) is 37.9 Å². The van der Waals surface area contributed by atoms with E-state index in [-0.39, 0.29) is 0 Å². The van der Waals surface area contributed by atoms with Crippen LogP contribution in [0.15, 0.2) is 35.7 Å². The number of rotatable bonds is 4. The van der Waals surface area contributed by atoms with Crippen LogP contribution in [0.2, 0.25) is 0 Å². The van der Waals surface area contributed by atoms with E-state index in [2.05, 4.69) is 27.7 Å². The number of thiophene rings is 1. The van der Waals surface area contributed by atoms with Gasteiger partial charge in [0, 0.05) is 22.4 Å². The molecule has 0 fully saturated rings. The SMILES string of the molecule is CC.Cc1[nH]nc2ccc(OCCc3cccs3)cc12. The van der Waals surface area contributed by atoms with Gasteiger partial charge in [-0.05, 0) is 36.6 Å².